The number of carboxylic acid groups (broad SMARTS) is 1. The minimum Gasteiger partial charge on any atom is -0.481 e. The van der Waals surface area contributed by atoms with Gasteiger partial charge in [0.2, 0.25) is 0 Å². The van der Waals surface area contributed by atoms with Gasteiger partial charge in [-0.05, 0) is 18.8 Å². The summed E-state index contributed by atoms with van der Waals surface area (Å²) in [6.45, 7) is 0.829. The molecule has 0 aromatic carbocycles. The van der Waals surface area contributed by atoms with E-state index in [0.29, 0.717) is 11.1 Å². The van der Waals surface area contributed by atoms with E-state index in [1.165, 1.54) is 18.9 Å². The fourth-order valence-electron chi connectivity index (χ4n) is 1.37. The SMILES string of the molecule is O=C(O)CSc1nc(=O)ccn1CC1CC1. The summed E-state index contributed by atoms with van der Waals surface area (Å²) in [5, 5.41) is 9.09. The molecule has 2 rings (SSSR count). The highest BCUT2D eigenvalue weighted by Gasteiger charge is 2.22. The number of aromatic nitrogens is 2. The first kappa shape index (κ1) is 11.2. The van der Waals surface area contributed by atoms with Crippen LogP contribution >= 0.6 is 11.8 Å². The van der Waals surface area contributed by atoms with Gasteiger partial charge in [-0.25, -0.2) is 0 Å². The number of thioether (sulfide) groups is 1. The third kappa shape index (κ3) is 3.10. The Balaban J connectivity index is 2.13. The van der Waals surface area contributed by atoms with Gasteiger partial charge in [0.25, 0.3) is 5.56 Å². The minimum absolute atomic E-state index is 0.0683. The van der Waals surface area contributed by atoms with Crippen LogP contribution in [0.5, 0.6) is 0 Å². The van der Waals surface area contributed by atoms with Gasteiger partial charge in [-0.15, -0.1) is 0 Å². The van der Waals surface area contributed by atoms with Gasteiger partial charge in [-0.2, -0.15) is 4.98 Å². The zero-order valence-corrected chi connectivity index (χ0v) is 9.44. The maximum absolute atomic E-state index is 11.1. The van der Waals surface area contributed by atoms with Gasteiger partial charge < -0.3 is 9.67 Å². The van der Waals surface area contributed by atoms with E-state index in [0.717, 1.165) is 18.3 Å². The average molecular weight is 240 g/mol. The molecule has 1 N–H and O–H groups in total. The Labute approximate surface area is 96.5 Å². The lowest BCUT2D eigenvalue weighted by atomic mass is 10.4. The Bertz CT molecular complexity index is 454. The Hall–Kier alpha value is -1.30. The van der Waals surface area contributed by atoms with E-state index in [9.17, 15) is 9.59 Å². The van der Waals surface area contributed by atoms with Crippen LogP contribution in [0.15, 0.2) is 22.2 Å². The van der Waals surface area contributed by atoms with E-state index in [1.807, 2.05) is 4.57 Å². The molecule has 86 valence electrons. The third-order valence-corrected chi connectivity index (χ3v) is 3.30. The zero-order valence-electron chi connectivity index (χ0n) is 8.63. The standard InChI is InChI=1S/C10H12N2O3S/c13-8-3-4-12(5-7-1-2-7)10(11-8)16-6-9(14)15/h3-4,7H,1-2,5-6H2,(H,14,15). The Kier molecular flexibility index (Phi) is 3.28. The van der Waals surface area contributed by atoms with Crippen LogP contribution in [-0.2, 0) is 11.3 Å². The highest BCUT2D eigenvalue weighted by molar-refractivity contribution is 7.99. The van der Waals surface area contributed by atoms with Crippen LogP contribution in [0.1, 0.15) is 12.8 Å². The predicted octanol–water partition coefficient (Wildman–Crippen LogP) is 0.830. The van der Waals surface area contributed by atoms with Crippen LogP contribution in [0.4, 0.5) is 0 Å². The molecule has 1 fully saturated rings. The fraction of sp³-hybridized carbons (Fsp3) is 0.500. The normalized spacial score (nSPS) is 15.0. The molecule has 0 radical (unpaired) electrons. The second-order valence-electron chi connectivity index (χ2n) is 3.83. The van der Waals surface area contributed by atoms with Crippen LogP contribution in [-0.4, -0.2) is 26.4 Å². The monoisotopic (exact) mass is 240 g/mol. The van der Waals surface area contributed by atoms with Gasteiger partial charge in [0.1, 0.15) is 0 Å². The summed E-state index contributed by atoms with van der Waals surface area (Å²) in [4.78, 5) is 25.4. The number of carbonyl (C=O) groups is 1. The molecule has 1 aliphatic rings. The zero-order chi connectivity index (χ0) is 11.5. The van der Waals surface area contributed by atoms with Gasteiger partial charge in [0.05, 0.1) is 5.75 Å². The number of aliphatic carboxylic acids is 1. The molecule has 0 spiro atoms. The fourth-order valence-corrected chi connectivity index (χ4v) is 2.08. The summed E-state index contributed by atoms with van der Waals surface area (Å²) in [5.74, 6) is -0.309. The number of nitrogens with zero attached hydrogens (tertiary/aromatic N) is 2. The molecule has 0 aliphatic heterocycles. The van der Waals surface area contributed by atoms with Crippen LogP contribution in [0.25, 0.3) is 0 Å². The highest BCUT2D eigenvalue weighted by atomic mass is 32.2. The first-order chi connectivity index (χ1) is 7.65. The van der Waals surface area contributed by atoms with E-state index in [1.54, 1.807) is 6.20 Å². The lowest BCUT2D eigenvalue weighted by Crippen LogP contribution is -2.15. The van der Waals surface area contributed by atoms with E-state index in [4.69, 9.17) is 5.11 Å². The van der Waals surface area contributed by atoms with Gasteiger partial charge in [0.15, 0.2) is 5.16 Å². The number of hydrogen-bond acceptors (Lipinski definition) is 4. The number of hydrogen-bond donors (Lipinski definition) is 1. The molecule has 5 nitrogen and oxygen atoms in total. The quantitative estimate of drug-likeness (QED) is 0.609. The van der Waals surface area contributed by atoms with Crippen molar-refractivity contribution < 1.29 is 9.90 Å². The lowest BCUT2D eigenvalue weighted by Gasteiger charge is -2.09. The molecule has 1 aliphatic carbocycles. The predicted molar refractivity (Wildman–Crippen MR) is 59.6 cm³/mol. The largest absolute Gasteiger partial charge is 0.481 e. The minimum atomic E-state index is -0.902. The molecule has 1 aromatic rings. The Morgan fingerprint density at radius 1 is 1.62 bits per heavy atom. The summed E-state index contributed by atoms with van der Waals surface area (Å²) in [5.41, 5.74) is -0.320. The molecule has 1 saturated carbocycles. The van der Waals surface area contributed by atoms with Crippen molar-refractivity contribution in [2.24, 2.45) is 5.92 Å². The van der Waals surface area contributed by atoms with Gasteiger partial charge in [0, 0.05) is 18.8 Å². The van der Waals surface area contributed by atoms with E-state index < -0.39 is 5.97 Å². The second-order valence-corrected chi connectivity index (χ2v) is 4.77. The molecule has 0 atom stereocenters. The molecular formula is C10H12N2O3S. The van der Waals surface area contributed by atoms with Crippen molar-refractivity contribution in [3.63, 3.8) is 0 Å². The van der Waals surface area contributed by atoms with Crippen molar-refractivity contribution in [2.45, 2.75) is 24.5 Å². The maximum atomic E-state index is 11.1. The molecule has 1 heterocycles. The molecule has 0 unspecified atom stereocenters. The van der Waals surface area contributed by atoms with E-state index in [2.05, 4.69) is 4.98 Å². The van der Waals surface area contributed by atoms with Crippen molar-refractivity contribution in [1.29, 1.82) is 0 Å². The molecule has 0 amide bonds. The van der Waals surface area contributed by atoms with Gasteiger partial charge >= 0.3 is 5.97 Å². The Morgan fingerprint density at radius 2 is 2.38 bits per heavy atom. The summed E-state index contributed by atoms with van der Waals surface area (Å²) in [6, 6.07) is 1.41. The molecule has 0 saturated heterocycles. The highest BCUT2D eigenvalue weighted by Crippen LogP contribution is 2.31. The second kappa shape index (κ2) is 4.69. The van der Waals surface area contributed by atoms with Gasteiger partial charge in [-0.3, -0.25) is 9.59 Å². The van der Waals surface area contributed by atoms with Crippen molar-refractivity contribution in [3.8, 4) is 0 Å². The molecule has 6 heteroatoms. The first-order valence-corrected chi connectivity index (χ1v) is 6.06. The summed E-state index contributed by atoms with van der Waals surface area (Å²) < 4.78 is 1.87. The summed E-state index contributed by atoms with van der Waals surface area (Å²) in [7, 11) is 0. The van der Waals surface area contributed by atoms with Crippen LogP contribution in [0.2, 0.25) is 0 Å². The topological polar surface area (TPSA) is 72.2 Å². The van der Waals surface area contributed by atoms with Crippen LogP contribution < -0.4 is 5.56 Å². The van der Waals surface area contributed by atoms with Crippen molar-refractivity contribution in [1.82, 2.24) is 9.55 Å². The van der Waals surface area contributed by atoms with Crippen molar-refractivity contribution >= 4 is 17.7 Å². The van der Waals surface area contributed by atoms with Crippen molar-refractivity contribution in [2.75, 3.05) is 5.75 Å². The first-order valence-electron chi connectivity index (χ1n) is 5.07. The van der Waals surface area contributed by atoms with Crippen molar-refractivity contribution in [3.05, 3.63) is 22.6 Å². The maximum Gasteiger partial charge on any atom is 0.313 e. The van der Waals surface area contributed by atoms with E-state index in [-0.39, 0.29) is 11.3 Å². The van der Waals surface area contributed by atoms with E-state index >= 15 is 0 Å². The summed E-state index contributed by atoms with van der Waals surface area (Å²) in [6.07, 6.45) is 4.10. The summed E-state index contributed by atoms with van der Waals surface area (Å²) >= 11 is 1.09. The molecular weight excluding hydrogens is 228 g/mol. The molecule has 1 aromatic heterocycles. The van der Waals surface area contributed by atoms with Gasteiger partial charge in [-0.1, -0.05) is 11.8 Å². The smallest absolute Gasteiger partial charge is 0.313 e. The third-order valence-electron chi connectivity index (χ3n) is 2.33. The Morgan fingerprint density at radius 3 is 3.00 bits per heavy atom. The van der Waals surface area contributed by atoms with Crippen LogP contribution in [0.3, 0.4) is 0 Å². The lowest BCUT2D eigenvalue weighted by molar-refractivity contribution is -0.133. The van der Waals surface area contributed by atoms with Crippen LogP contribution in [0, 0.1) is 5.92 Å². The number of rotatable bonds is 5. The average Bonchev–Trinajstić information content (AvgIpc) is 3.02. The number of carboxylic acids is 1. The molecule has 0 bridgehead atoms. The molecule has 16 heavy (non-hydrogen) atoms.